The van der Waals surface area contributed by atoms with Crippen LogP contribution in [-0.4, -0.2) is 0 Å². The Morgan fingerprint density at radius 2 is 2.00 bits per heavy atom. The summed E-state index contributed by atoms with van der Waals surface area (Å²) >= 11 is 0. The van der Waals surface area contributed by atoms with E-state index in [0.717, 1.165) is 0 Å². The molecular weight excluding hydrogens is 108 g/mol. The number of hydrogen-bond acceptors (Lipinski definition) is 0. The highest BCUT2D eigenvalue weighted by Crippen LogP contribution is 2.46. The summed E-state index contributed by atoms with van der Waals surface area (Å²) in [5.41, 5.74) is 0.292. The van der Waals surface area contributed by atoms with Gasteiger partial charge < -0.3 is 0 Å². The van der Waals surface area contributed by atoms with Crippen molar-refractivity contribution in [1.82, 2.24) is 0 Å². The van der Waals surface area contributed by atoms with Crippen LogP contribution in [0, 0.1) is 23.7 Å². The van der Waals surface area contributed by atoms with Crippen LogP contribution in [0.2, 0.25) is 0 Å². The van der Waals surface area contributed by atoms with Gasteiger partial charge in [0.2, 0.25) is 0 Å². The Balaban J connectivity index is 2.60. The van der Waals surface area contributed by atoms with Crippen LogP contribution in [0.15, 0.2) is 0 Å². The Morgan fingerprint density at radius 1 is 1.44 bits per heavy atom. The van der Waals surface area contributed by atoms with Gasteiger partial charge >= 0.3 is 0 Å². The molecule has 1 rings (SSSR count). The predicted molar refractivity (Wildman–Crippen MR) is 40.0 cm³/mol. The van der Waals surface area contributed by atoms with Gasteiger partial charge in [-0.15, -0.1) is 6.42 Å². The molecule has 0 aliphatic heterocycles. The minimum Gasteiger partial charge on any atom is -0.120 e. The van der Waals surface area contributed by atoms with Crippen molar-refractivity contribution in [2.75, 3.05) is 0 Å². The fourth-order valence-electron chi connectivity index (χ4n) is 1.45. The maximum absolute atomic E-state index is 5.42. The van der Waals surface area contributed by atoms with Gasteiger partial charge in [0.25, 0.3) is 0 Å². The molecule has 0 heterocycles. The largest absolute Gasteiger partial charge is 0.120 e. The van der Waals surface area contributed by atoms with Gasteiger partial charge in [0, 0.05) is 5.41 Å². The van der Waals surface area contributed by atoms with E-state index in [4.69, 9.17) is 6.42 Å². The zero-order valence-corrected chi connectivity index (χ0v) is 6.28. The first-order valence-corrected chi connectivity index (χ1v) is 3.69. The Hall–Kier alpha value is -0.440. The van der Waals surface area contributed by atoms with Gasteiger partial charge in [-0.25, -0.2) is 0 Å². The smallest absolute Gasteiger partial charge is 0.0335 e. The van der Waals surface area contributed by atoms with Crippen LogP contribution >= 0.6 is 0 Å². The van der Waals surface area contributed by atoms with E-state index in [2.05, 4.69) is 19.8 Å². The van der Waals surface area contributed by atoms with Crippen molar-refractivity contribution in [2.45, 2.75) is 33.1 Å². The van der Waals surface area contributed by atoms with Crippen LogP contribution in [0.5, 0.6) is 0 Å². The van der Waals surface area contributed by atoms with Gasteiger partial charge in [0.15, 0.2) is 0 Å². The zero-order valence-electron chi connectivity index (χ0n) is 6.28. The third kappa shape index (κ3) is 0.852. The first-order valence-electron chi connectivity index (χ1n) is 3.69. The van der Waals surface area contributed by atoms with Gasteiger partial charge in [0.1, 0.15) is 0 Å². The minimum atomic E-state index is 0.292. The molecule has 0 aromatic heterocycles. The van der Waals surface area contributed by atoms with Gasteiger partial charge in [-0.1, -0.05) is 26.2 Å². The zero-order chi connectivity index (χ0) is 6.91. The maximum atomic E-state index is 5.42. The van der Waals surface area contributed by atoms with E-state index in [-0.39, 0.29) is 0 Å². The van der Waals surface area contributed by atoms with Gasteiger partial charge in [0.05, 0.1) is 0 Å². The number of hydrogen-bond donors (Lipinski definition) is 0. The standard InChI is InChI=1S/C9H14/c1-4-9(8(2)3)6-5-7-9/h1,8H,5-7H2,2-3H3. The highest BCUT2D eigenvalue weighted by molar-refractivity contribution is 5.11. The molecule has 0 saturated heterocycles. The molecule has 0 aromatic rings. The Labute approximate surface area is 57.7 Å². The predicted octanol–water partition coefficient (Wildman–Crippen LogP) is 2.45. The van der Waals surface area contributed by atoms with E-state index in [1.165, 1.54) is 19.3 Å². The lowest BCUT2D eigenvalue weighted by molar-refractivity contribution is 0.145. The van der Waals surface area contributed by atoms with Crippen molar-refractivity contribution in [3.8, 4) is 12.3 Å². The van der Waals surface area contributed by atoms with E-state index >= 15 is 0 Å². The lowest BCUT2D eigenvalue weighted by atomic mass is 9.63. The third-order valence-corrected chi connectivity index (χ3v) is 2.64. The van der Waals surface area contributed by atoms with Crippen molar-refractivity contribution in [3.63, 3.8) is 0 Å². The van der Waals surface area contributed by atoms with Crippen molar-refractivity contribution < 1.29 is 0 Å². The van der Waals surface area contributed by atoms with E-state index in [9.17, 15) is 0 Å². The maximum Gasteiger partial charge on any atom is 0.0335 e. The van der Waals surface area contributed by atoms with Crippen molar-refractivity contribution in [3.05, 3.63) is 0 Å². The van der Waals surface area contributed by atoms with Crippen molar-refractivity contribution in [2.24, 2.45) is 11.3 Å². The summed E-state index contributed by atoms with van der Waals surface area (Å²) < 4.78 is 0. The number of rotatable bonds is 1. The first-order chi connectivity index (χ1) is 4.21. The van der Waals surface area contributed by atoms with E-state index < -0.39 is 0 Å². The summed E-state index contributed by atoms with van der Waals surface area (Å²) in [4.78, 5) is 0. The fourth-order valence-corrected chi connectivity index (χ4v) is 1.45. The summed E-state index contributed by atoms with van der Waals surface area (Å²) in [5.74, 6) is 3.59. The lowest BCUT2D eigenvalue weighted by Crippen LogP contribution is -2.32. The molecule has 1 aliphatic rings. The molecule has 1 aliphatic carbocycles. The third-order valence-electron chi connectivity index (χ3n) is 2.64. The molecule has 9 heavy (non-hydrogen) atoms. The SMILES string of the molecule is C#CC1(C(C)C)CCC1. The monoisotopic (exact) mass is 122 g/mol. The molecule has 0 aromatic carbocycles. The molecule has 1 fully saturated rings. The quantitative estimate of drug-likeness (QED) is 0.469. The van der Waals surface area contributed by atoms with E-state index in [1.54, 1.807) is 0 Å². The molecule has 0 spiro atoms. The van der Waals surface area contributed by atoms with Crippen LogP contribution in [0.25, 0.3) is 0 Å². The summed E-state index contributed by atoms with van der Waals surface area (Å²) in [5, 5.41) is 0. The van der Waals surface area contributed by atoms with Crippen LogP contribution in [0.3, 0.4) is 0 Å². The van der Waals surface area contributed by atoms with Crippen LogP contribution in [0.1, 0.15) is 33.1 Å². The topological polar surface area (TPSA) is 0 Å². The molecule has 0 radical (unpaired) electrons. The molecule has 0 unspecified atom stereocenters. The van der Waals surface area contributed by atoms with Gasteiger partial charge in [-0.2, -0.15) is 0 Å². The summed E-state index contributed by atoms with van der Waals surface area (Å²) in [6.45, 7) is 4.44. The van der Waals surface area contributed by atoms with E-state index in [1.807, 2.05) is 0 Å². The second-order valence-corrected chi connectivity index (χ2v) is 3.31. The second kappa shape index (κ2) is 2.06. The van der Waals surface area contributed by atoms with Crippen LogP contribution < -0.4 is 0 Å². The summed E-state index contributed by atoms with van der Waals surface area (Å²) in [7, 11) is 0. The molecule has 1 saturated carbocycles. The number of terminal acetylenes is 1. The molecule has 0 nitrogen and oxygen atoms in total. The van der Waals surface area contributed by atoms with E-state index in [0.29, 0.717) is 11.3 Å². The second-order valence-electron chi connectivity index (χ2n) is 3.31. The summed E-state index contributed by atoms with van der Waals surface area (Å²) in [6, 6.07) is 0. The highest BCUT2D eigenvalue weighted by atomic mass is 14.4. The van der Waals surface area contributed by atoms with Gasteiger partial charge in [-0.3, -0.25) is 0 Å². The summed E-state index contributed by atoms with van der Waals surface area (Å²) in [6.07, 6.45) is 9.26. The Morgan fingerprint density at radius 3 is 2.00 bits per heavy atom. The molecule has 0 heteroatoms. The van der Waals surface area contributed by atoms with Crippen LogP contribution in [0.4, 0.5) is 0 Å². The molecule has 0 bridgehead atoms. The van der Waals surface area contributed by atoms with Crippen molar-refractivity contribution in [1.29, 1.82) is 0 Å². The fraction of sp³-hybridized carbons (Fsp3) is 0.778. The van der Waals surface area contributed by atoms with Gasteiger partial charge in [-0.05, 0) is 18.8 Å². The average molecular weight is 122 g/mol. The molecule has 0 atom stereocenters. The molecular formula is C9H14. The van der Waals surface area contributed by atoms with Crippen molar-refractivity contribution >= 4 is 0 Å². The molecule has 0 amide bonds. The lowest BCUT2D eigenvalue weighted by Gasteiger charge is -2.40. The minimum absolute atomic E-state index is 0.292. The average Bonchev–Trinajstić information content (AvgIpc) is 1.62. The Bertz CT molecular complexity index is 133. The highest BCUT2D eigenvalue weighted by Gasteiger charge is 2.37. The van der Waals surface area contributed by atoms with Crippen LogP contribution in [-0.2, 0) is 0 Å². The first kappa shape index (κ1) is 6.68. The Kier molecular flexibility index (Phi) is 1.53. The normalized spacial score (nSPS) is 22.9. The molecule has 0 N–H and O–H groups in total. The molecule has 50 valence electrons.